The number of hydroxylamine groups is 1. The van der Waals surface area contributed by atoms with E-state index in [1.807, 2.05) is 0 Å². The average molecular weight is 327 g/mol. The van der Waals surface area contributed by atoms with Crippen molar-refractivity contribution in [2.24, 2.45) is 5.10 Å². The van der Waals surface area contributed by atoms with Gasteiger partial charge in [0, 0.05) is 11.1 Å². The maximum absolute atomic E-state index is 12.0. The fraction of sp³-hybridized carbons (Fsp3) is 0. The molecular formula is C15H14BN3O5. The Kier molecular flexibility index (Phi) is 5.80. The van der Waals surface area contributed by atoms with Gasteiger partial charge in [0.25, 0.3) is 11.8 Å². The van der Waals surface area contributed by atoms with Gasteiger partial charge in [-0.15, -0.1) is 0 Å². The molecule has 0 aromatic heterocycles. The van der Waals surface area contributed by atoms with Gasteiger partial charge in [0.15, 0.2) is 0 Å². The van der Waals surface area contributed by atoms with E-state index in [1.165, 1.54) is 48.1 Å². The molecule has 0 aliphatic heterocycles. The molecule has 2 rings (SSSR count). The van der Waals surface area contributed by atoms with Crippen molar-refractivity contribution in [2.45, 2.75) is 0 Å². The number of carbonyl (C=O) groups is 2. The number of hydrogen-bond acceptors (Lipinski definition) is 6. The summed E-state index contributed by atoms with van der Waals surface area (Å²) in [6, 6.07) is 12.0. The normalized spacial score (nSPS) is 10.5. The molecule has 122 valence electrons. The third-order valence-corrected chi connectivity index (χ3v) is 3.10. The van der Waals surface area contributed by atoms with Crippen LogP contribution in [0.25, 0.3) is 0 Å². The van der Waals surface area contributed by atoms with Crippen molar-refractivity contribution in [1.29, 1.82) is 0 Å². The highest BCUT2D eigenvalue weighted by Gasteiger charge is 2.10. The quantitative estimate of drug-likeness (QED) is 0.213. The zero-order valence-electron chi connectivity index (χ0n) is 12.4. The van der Waals surface area contributed by atoms with Crippen LogP contribution in [0, 0.1) is 0 Å². The van der Waals surface area contributed by atoms with Crippen molar-refractivity contribution >= 4 is 30.6 Å². The summed E-state index contributed by atoms with van der Waals surface area (Å²) in [5, 5.41) is 30.4. The molecule has 9 heteroatoms. The zero-order chi connectivity index (χ0) is 17.5. The van der Waals surface area contributed by atoms with Crippen molar-refractivity contribution in [2.75, 3.05) is 0 Å². The van der Waals surface area contributed by atoms with E-state index in [2.05, 4.69) is 10.5 Å². The molecule has 0 aliphatic rings. The fourth-order valence-corrected chi connectivity index (χ4v) is 1.85. The molecule has 0 spiro atoms. The Morgan fingerprint density at radius 2 is 1.62 bits per heavy atom. The van der Waals surface area contributed by atoms with Crippen LogP contribution in [0.2, 0.25) is 0 Å². The largest absolute Gasteiger partial charge is 0.488 e. The van der Waals surface area contributed by atoms with Gasteiger partial charge in [0.1, 0.15) is 0 Å². The Hall–Kier alpha value is -3.01. The van der Waals surface area contributed by atoms with Crippen LogP contribution >= 0.6 is 0 Å². The summed E-state index contributed by atoms with van der Waals surface area (Å²) in [5.74, 6) is -1.25. The predicted molar refractivity (Wildman–Crippen MR) is 87.0 cm³/mol. The molecule has 0 aliphatic carbocycles. The van der Waals surface area contributed by atoms with E-state index < -0.39 is 18.9 Å². The standard InChI is InChI=1S/C15H14BN3O5/c20-14(11-2-1-3-12(8-11)15(21)19-24)18-17-9-10-4-6-13(7-5-10)16(22)23/h1-9,22-24H,(H,18,20)(H,19,21)/b17-9+. The van der Waals surface area contributed by atoms with E-state index >= 15 is 0 Å². The van der Waals surface area contributed by atoms with Crippen molar-refractivity contribution in [3.63, 3.8) is 0 Å². The van der Waals surface area contributed by atoms with Crippen molar-refractivity contribution in [3.05, 3.63) is 65.2 Å². The third kappa shape index (κ3) is 4.49. The molecule has 2 aromatic carbocycles. The number of carbonyl (C=O) groups excluding carboxylic acids is 2. The molecule has 0 unspecified atom stereocenters. The van der Waals surface area contributed by atoms with Crippen LogP contribution in [0.3, 0.4) is 0 Å². The first-order valence-corrected chi connectivity index (χ1v) is 6.85. The Balaban J connectivity index is 2.01. The van der Waals surface area contributed by atoms with Crippen LogP contribution < -0.4 is 16.4 Å². The van der Waals surface area contributed by atoms with Crippen LogP contribution in [-0.2, 0) is 0 Å². The number of amides is 2. The van der Waals surface area contributed by atoms with Gasteiger partial charge in [-0.05, 0) is 29.2 Å². The van der Waals surface area contributed by atoms with Crippen LogP contribution in [-0.4, -0.2) is 40.4 Å². The molecule has 24 heavy (non-hydrogen) atoms. The topological polar surface area (TPSA) is 131 Å². The molecule has 0 bridgehead atoms. The molecule has 0 saturated carbocycles. The highest BCUT2D eigenvalue weighted by molar-refractivity contribution is 6.58. The van der Waals surface area contributed by atoms with Gasteiger partial charge in [-0.1, -0.05) is 30.3 Å². The number of rotatable bonds is 5. The molecule has 0 radical (unpaired) electrons. The average Bonchev–Trinajstić information content (AvgIpc) is 2.61. The second kappa shape index (κ2) is 8.02. The minimum atomic E-state index is -1.54. The Morgan fingerprint density at radius 3 is 2.21 bits per heavy atom. The summed E-state index contributed by atoms with van der Waals surface area (Å²) in [6.45, 7) is 0. The fourth-order valence-electron chi connectivity index (χ4n) is 1.85. The van der Waals surface area contributed by atoms with E-state index in [9.17, 15) is 9.59 Å². The Bertz CT molecular complexity index is 762. The first kappa shape index (κ1) is 17.4. The van der Waals surface area contributed by atoms with Crippen LogP contribution in [0.4, 0.5) is 0 Å². The lowest BCUT2D eigenvalue weighted by Crippen LogP contribution is -2.29. The van der Waals surface area contributed by atoms with Crippen LogP contribution in [0.5, 0.6) is 0 Å². The SMILES string of the molecule is O=C(NO)c1cccc(C(=O)N/N=C/c2ccc(B(O)O)cc2)c1. The first-order valence-electron chi connectivity index (χ1n) is 6.85. The molecule has 5 N–H and O–H groups in total. The summed E-state index contributed by atoms with van der Waals surface area (Å²) in [4.78, 5) is 23.3. The Labute approximate surface area is 137 Å². The highest BCUT2D eigenvalue weighted by atomic mass is 16.5. The second-order valence-electron chi connectivity index (χ2n) is 4.76. The van der Waals surface area contributed by atoms with Gasteiger partial charge in [0.05, 0.1) is 6.21 Å². The maximum atomic E-state index is 12.0. The zero-order valence-corrected chi connectivity index (χ0v) is 12.4. The van der Waals surface area contributed by atoms with E-state index in [-0.39, 0.29) is 11.1 Å². The van der Waals surface area contributed by atoms with Gasteiger partial charge >= 0.3 is 7.12 Å². The smallest absolute Gasteiger partial charge is 0.423 e. The van der Waals surface area contributed by atoms with Crippen LogP contribution in [0.1, 0.15) is 26.3 Å². The number of nitrogens with one attached hydrogen (secondary N) is 2. The third-order valence-electron chi connectivity index (χ3n) is 3.10. The van der Waals surface area contributed by atoms with Gasteiger partial charge in [-0.2, -0.15) is 5.10 Å². The molecule has 0 fully saturated rings. The lowest BCUT2D eigenvalue weighted by molar-refractivity contribution is 0.0706. The Morgan fingerprint density at radius 1 is 1.00 bits per heavy atom. The minimum absolute atomic E-state index is 0.132. The van der Waals surface area contributed by atoms with Gasteiger partial charge < -0.3 is 10.0 Å². The number of benzene rings is 2. The number of hydrogen-bond donors (Lipinski definition) is 5. The molecule has 2 aromatic rings. The number of hydrazone groups is 1. The summed E-state index contributed by atoms with van der Waals surface area (Å²) in [6.07, 6.45) is 1.38. The van der Waals surface area contributed by atoms with E-state index in [4.69, 9.17) is 15.3 Å². The predicted octanol–water partition coefficient (Wildman–Crippen LogP) is -0.751. The van der Waals surface area contributed by atoms with E-state index in [1.54, 1.807) is 12.1 Å². The lowest BCUT2D eigenvalue weighted by Gasteiger charge is -2.03. The second-order valence-corrected chi connectivity index (χ2v) is 4.76. The summed E-state index contributed by atoms with van der Waals surface area (Å²) < 4.78 is 0. The molecule has 0 heterocycles. The lowest BCUT2D eigenvalue weighted by atomic mass is 9.80. The molecule has 0 atom stereocenters. The van der Waals surface area contributed by atoms with Gasteiger partial charge in [-0.3, -0.25) is 14.8 Å². The van der Waals surface area contributed by atoms with Crippen molar-refractivity contribution in [1.82, 2.24) is 10.9 Å². The molecule has 2 amide bonds. The van der Waals surface area contributed by atoms with Crippen LogP contribution in [0.15, 0.2) is 53.6 Å². The van der Waals surface area contributed by atoms with Gasteiger partial charge in [-0.25, -0.2) is 10.9 Å². The first-order chi connectivity index (χ1) is 11.5. The van der Waals surface area contributed by atoms with E-state index in [0.29, 0.717) is 11.0 Å². The summed E-state index contributed by atoms with van der Waals surface area (Å²) in [5.41, 5.74) is 5.12. The van der Waals surface area contributed by atoms with Crippen molar-refractivity contribution in [3.8, 4) is 0 Å². The summed E-state index contributed by atoms with van der Waals surface area (Å²) >= 11 is 0. The van der Waals surface area contributed by atoms with E-state index in [0.717, 1.165) is 0 Å². The highest BCUT2D eigenvalue weighted by Crippen LogP contribution is 2.05. The summed E-state index contributed by atoms with van der Waals surface area (Å²) in [7, 11) is -1.54. The molecule has 0 saturated heterocycles. The number of nitrogens with zero attached hydrogens (tertiary/aromatic N) is 1. The molecule has 8 nitrogen and oxygen atoms in total. The maximum Gasteiger partial charge on any atom is 0.488 e. The van der Waals surface area contributed by atoms with Crippen molar-refractivity contribution < 1.29 is 24.8 Å². The monoisotopic (exact) mass is 327 g/mol. The molecular weight excluding hydrogens is 313 g/mol. The minimum Gasteiger partial charge on any atom is -0.423 e. The van der Waals surface area contributed by atoms with Gasteiger partial charge in [0.2, 0.25) is 0 Å².